The largest absolute Gasteiger partial charge is 0.441 e. The van der Waals surface area contributed by atoms with Crippen LogP contribution in [0.15, 0.2) is 59.1 Å². The molecule has 1 aromatic heterocycles. The first-order valence-corrected chi connectivity index (χ1v) is 10.3. The summed E-state index contributed by atoms with van der Waals surface area (Å²) in [4.78, 5) is 30.7. The molecule has 1 saturated carbocycles. The van der Waals surface area contributed by atoms with E-state index in [1.807, 2.05) is 17.0 Å². The van der Waals surface area contributed by atoms with Gasteiger partial charge in [0.15, 0.2) is 11.7 Å². The summed E-state index contributed by atoms with van der Waals surface area (Å²) in [7, 11) is 1.60. The number of oxazole rings is 1. The molecule has 0 aliphatic heterocycles. The zero-order valence-corrected chi connectivity index (χ0v) is 17.3. The second-order valence-electron chi connectivity index (χ2n) is 7.65. The van der Waals surface area contributed by atoms with Crippen LogP contribution in [0.1, 0.15) is 41.1 Å². The van der Waals surface area contributed by atoms with Gasteiger partial charge < -0.3 is 14.6 Å². The van der Waals surface area contributed by atoms with Crippen LogP contribution in [-0.4, -0.2) is 34.8 Å². The maximum absolute atomic E-state index is 13.1. The number of rotatable bonds is 8. The molecule has 0 atom stereocenters. The molecule has 4 rings (SSSR count). The van der Waals surface area contributed by atoms with Crippen molar-refractivity contribution >= 4 is 11.8 Å². The number of aromatic nitrogens is 1. The number of carbonyl (C=O) groups is 2. The first kappa shape index (κ1) is 20.8. The molecule has 1 aliphatic carbocycles. The summed E-state index contributed by atoms with van der Waals surface area (Å²) >= 11 is 0. The smallest absolute Gasteiger partial charge is 0.251 e. The fourth-order valence-corrected chi connectivity index (χ4v) is 3.44. The molecule has 160 valence electrons. The summed E-state index contributed by atoms with van der Waals surface area (Å²) in [5.74, 6) is 0.653. The van der Waals surface area contributed by atoms with E-state index in [1.54, 1.807) is 37.5 Å². The highest BCUT2D eigenvalue weighted by atomic mass is 19.1. The number of hydrogen-bond acceptors (Lipinski definition) is 4. The molecule has 0 bridgehead atoms. The Balaban J connectivity index is 1.36. The minimum Gasteiger partial charge on any atom is -0.441 e. The molecule has 7 heteroatoms. The van der Waals surface area contributed by atoms with Crippen molar-refractivity contribution in [1.82, 2.24) is 15.2 Å². The lowest BCUT2D eigenvalue weighted by Gasteiger charge is -2.22. The van der Waals surface area contributed by atoms with Crippen molar-refractivity contribution in [2.45, 2.75) is 38.3 Å². The maximum atomic E-state index is 13.1. The number of hydrogen-bond donors (Lipinski definition) is 1. The maximum Gasteiger partial charge on any atom is 0.251 e. The Morgan fingerprint density at radius 1 is 1.13 bits per heavy atom. The van der Waals surface area contributed by atoms with E-state index >= 15 is 0 Å². The zero-order chi connectivity index (χ0) is 21.8. The summed E-state index contributed by atoms with van der Waals surface area (Å²) in [6.07, 6.45) is 4.32. The van der Waals surface area contributed by atoms with E-state index in [0.29, 0.717) is 36.6 Å². The highest BCUT2D eigenvalue weighted by Gasteiger charge is 2.32. The van der Waals surface area contributed by atoms with Gasteiger partial charge in [0.05, 0.1) is 6.20 Å². The van der Waals surface area contributed by atoms with E-state index in [2.05, 4.69) is 10.3 Å². The van der Waals surface area contributed by atoms with Crippen molar-refractivity contribution in [2.75, 3.05) is 7.05 Å². The summed E-state index contributed by atoms with van der Waals surface area (Å²) in [5, 5.41) is 2.60. The van der Waals surface area contributed by atoms with Gasteiger partial charge in [0.25, 0.3) is 5.91 Å². The molecule has 0 saturated heterocycles. The number of halogens is 1. The molecule has 6 nitrogen and oxygen atoms in total. The lowest BCUT2D eigenvalue weighted by atomic mass is 10.1. The topological polar surface area (TPSA) is 75.4 Å². The summed E-state index contributed by atoms with van der Waals surface area (Å²) in [5.41, 5.74) is 2.32. The molecule has 31 heavy (non-hydrogen) atoms. The Bertz CT molecular complexity index is 1060. The molecule has 3 aromatic rings. The van der Waals surface area contributed by atoms with Gasteiger partial charge in [0.2, 0.25) is 5.91 Å². The van der Waals surface area contributed by atoms with E-state index in [4.69, 9.17) is 4.42 Å². The third-order valence-electron chi connectivity index (χ3n) is 5.34. The van der Waals surface area contributed by atoms with Crippen molar-refractivity contribution in [3.8, 4) is 11.3 Å². The number of amides is 2. The van der Waals surface area contributed by atoms with Gasteiger partial charge in [0, 0.05) is 43.6 Å². The molecular formula is C24H24FN3O3. The van der Waals surface area contributed by atoms with Crippen LogP contribution in [0.25, 0.3) is 11.3 Å². The van der Waals surface area contributed by atoms with Crippen molar-refractivity contribution in [3.05, 3.63) is 77.6 Å². The highest BCUT2D eigenvalue weighted by Crippen LogP contribution is 2.29. The summed E-state index contributed by atoms with van der Waals surface area (Å²) < 4.78 is 18.8. The molecule has 1 fully saturated rings. The summed E-state index contributed by atoms with van der Waals surface area (Å²) in [6, 6.07) is 13.6. The van der Waals surface area contributed by atoms with Gasteiger partial charge in [-0.1, -0.05) is 12.1 Å². The lowest BCUT2D eigenvalue weighted by molar-refractivity contribution is -0.132. The van der Waals surface area contributed by atoms with Crippen molar-refractivity contribution < 1.29 is 18.4 Å². The first-order valence-electron chi connectivity index (χ1n) is 10.3. The molecular weight excluding hydrogens is 397 g/mol. The number of benzene rings is 2. The Hall–Kier alpha value is -3.48. The minimum atomic E-state index is -0.308. The van der Waals surface area contributed by atoms with E-state index in [1.165, 1.54) is 12.1 Å². The SMILES string of the molecule is CNC(=O)c1ccc(CN(C(=O)CCc2ncc(-c3ccc(F)cc3)o2)C2CC2)cc1. The Labute approximate surface area is 180 Å². The number of nitrogens with zero attached hydrogens (tertiary/aromatic N) is 2. The standard InChI is InChI=1S/C24H24FN3O3/c1-26-24(30)18-4-2-16(3-5-18)15-28(20-10-11-20)23(29)13-12-22-27-14-21(31-22)17-6-8-19(25)9-7-17/h2-9,14,20H,10-13,15H2,1H3,(H,26,30). The van der Waals surface area contributed by atoms with E-state index < -0.39 is 0 Å². The average Bonchev–Trinajstić information content (AvgIpc) is 3.53. The van der Waals surface area contributed by atoms with Gasteiger partial charge in [-0.05, 0) is 54.8 Å². The zero-order valence-electron chi connectivity index (χ0n) is 17.3. The monoisotopic (exact) mass is 421 g/mol. The molecule has 2 aromatic carbocycles. The van der Waals surface area contributed by atoms with Crippen LogP contribution in [0.4, 0.5) is 4.39 Å². The van der Waals surface area contributed by atoms with Gasteiger partial charge in [-0.3, -0.25) is 9.59 Å². The Morgan fingerprint density at radius 3 is 2.48 bits per heavy atom. The van der Waals surface area contributed by atoms with Crippen LogP contribution in [0.2, 0.25) is 0 Å². The quantitative estimate of drug-likeness (QED) is 0.597. The number of nitrogens with one attached hydrogen (secondary N) is 1. The molecule has 0 spiro atoms. The molecule has 0 unspecified atom stereocenters. The molecule has 0 radical (unpaired) electrons. The minimum absolute atomic E-state index is 0.0550. The second kappa shape index (κ2) is 9.12. The lowest BCUT2D eigenvalue weighted by Crippen LogP contribution is -2.32. The highest BCUT2D eigenvalue weighted by molar-refractivity contribution is 5.93. The predicted molar refractivity (Wildman–Crippen MR) is 114 cm³/mol. The second-order valence-corrected chi connectivity index (χ2v) is 7.65. The van der Waals surface area contributed by atoms with Crippen LogP contribution < -0.4 is 5.32 Å². The van der Waals surface area contributed by atoms with E-state index in [-0.39, 0.29) is 23.7 Å². The van der Waals surface area contributed by atoms with Gasteiger partial charge in [0.1, 0.15) is 5.82 Å². The third kappa shape index (κ3) is 5.17. The predicted octanol–water partition coefficient (Wildman–Crippen LogP) is 3.96. The van der Waals surface area contributed by atoms with Gasteiger partial charge in [-0.2, -0.15) is 0 Å². The van der Waals surface area contributed by atoms with Crippen molar-refractivity contribution in [3.63, 3.8) is 0 Å². The van der Waals surface area contributed by atoms with E-state index in [9.17, 15) is 14.0 Å². The van der Waals surface area contributed by atoms with Crippen LogP contribution >= 0.6 is 0 Å². The molecule has 1 N–H and O–H groups in total. The summed E-state index contributed by atoms with van der Waals surface area (Å²) in [6.45, 7) is 0.518. The fourth-order valence-electron chi connectivity index (χ4n) is 3.44. The van der Waals surface area contributed by atoms with Gasteiger partial charge in [-0.15, -0.1) is 0 Å². The normalized spacial score (nSPS) is 13.1. The Kier molecular flexibility index (Phi) is 6.11. The molecule has 1 heterocycles. The van der Waals surface area contributed by atoms with Crippen LogP contribution in [0.5, 0.6) is 0 Å². The molecule has 2 amide bonds. The Morgan fingerprint density at radius 2 is 1.84 bits per heavy atom. The number of aryl methyl sites for hydroxylation is 1. The van der Waals surface area contributed by atoms with Crippen LogP contribution in [0.3, 0.4) is 0 Å². The van der Waals surface area contributed by atoms with E-state index in [0.717, 1.165) is 24.0 Å². The van der Waals surface area contributed by atoms with Crippen LogP contribution in [-0.2, 0) is 17.8 Å². The van der Waals surface area contributed by atoms with Gasteiger partial charge >= 0.3 is 0 Å². The first-order chi connectivity index (χ1) is 15.0. The fraction of sp³-hybridized carbons (Fsp3) is 0.292. The van der Waals surface area contributed by atoms with Crippen molar-refractivity contribution in [1.29, 1.82) is 0 Å². The van der Waals surface area contributed by atoms with Crippen molar-refractivity contribution in [2.24, 2.45) is 0 Å². The van der Waals surface area contributed by atoms with Crippen LogP contribution in [0, 0.1) is 5.82 Å². The van der Waals surface area contributed by atoms with Gasteiger partial charge in [-0.25, -0.2) is 9.37 Å². The molecule has 1 aliphatic rings. The third-order valence-corrected chi connectivity index (χ3v) is 5.34. The average molecular weight is 421 g/mol. The number of carbonyl (C=O) groups excluding carboxylic acids is 2.